The van der Waals surface area contributed by atoms with E-state index in [0.717, 1.165) is 69.1 Å². The van der Waals surface area contributed by atoms with Crippen LogP contribution in [0.3, 0.4) is 0 Å². The van der Waals surface area contributed by atoms with Gasteiger partial charge in [0.1, 0.15) is 12.4 Å². The fourth-order valence-corrected chi connectivity index (χ4v) is 3.48. The van der Waals surface area contributed by atoms with Gasteiger partial charge < -0.3 is 14.8 Å². The van der Waals surface area contributed by atoms with Crippen molar-refractivity contribution in [2.75, 3.05) is 44.8 Å². The van der Waals surface area contributed by atoms with Crippen LogP contribution < -0.4 is 10.1 Å². The molecule has 1 aromatic carbocycles. The van der Waals surface area contributed by atoms with Crippen molar-refractivity contribution in [2.45, 2.75) is 19.3 Å². The maximum atomic E-state index is 12.5. The van der Waals surface area contributed by atoms with E-state index in [2.05, 4.69) is 20.4 Å². The molecule has 138 valence electrons. The molecule has 0 spiro atoms. The Morgan fingerprint density at radius 2 is 2.19 bits per heavy atom. The van der Waals surface area contributed by atoms with Crippen LogP contribution in [0.4, 0.5) is 5.69 Å². The number of hydrogen-bond acceptors (Lipinski definition) is 5. The monoisotopic (exact) mass is 356 g/mol. The molecule has 0 radical (unpaired) electrons. The number of carbonyl (C=O) groups excluding carboxylic acids is 1. The highest BCUT2D eigenvalue weighted by Crippen LogP contribution is 2.24. The molecule has 2 heterocycles. The predicted octanol–water partition coefficient (Wildman–Crippen LogP) is 1.86. The standard InChI is InChI=1S/C19H24N4O3/c24-19(18-16-5-2-6-17(16)21-22-18)20-14-3-1-4-15(13-14)26-12-9-23-7-10-25-11-8-23/h1,3-4,13H,2,5-12H2,(H,20,24)(H,21,22). The number of aromatic amines is 1. The smallest absolute Gasteiger partial charge is 0.276 e. The van der Waals surface area contributed by atoms with E-state index in [4.69, 9.17) is 9.47 Å². The number of aromatic nitrogens is 2. The van der Waals surface area contributed by atoms with Crippen LogP contribution in [0.25, 0.3) is 0 Å². The summed E-state index contributed by atoms with van der Waals surface area (Å²) >= 11 is 0. The minimum absolute atomic E-state index is 0.171. The number of ether oxygens (including phenoxy) is 2. The summed E-state index contributed by atoms with van der Waals surface area (Å²) in [6.45, 7) is 4.97. The minimum atomic E-state index is -0.171. The van der Waals surface area contributed by atoms with Crippen molar-refractivity contribution in [3.63, 3.8) is 0 Å². The summed E-state index contributed by atoms with van der Waals surface area (Å²) in [5, 5.41) is 10.1. The fourth-order valence-electron chi connectivity index (χ4n) is 3.48. The van der Waals surface area contributed by atoms with E-state index < -0.39 is 0 Å². The molecule has 0 atom stereocenters. The van der Waals surface area contributed by atoms with Crippen molar-refractivity contribution in [3.8, 4) is 5.75 Å². The molecule has 26 heavy (non-hydrogen) atoms. The number of aryl methyl sites for hydroxylation is 1. The average molecular weight is 356 g/mol. The third-order valence-electron chi connectivity index (χ3n) is 4.89. The summed E-state index contributed by atoms with van der Waals surface area (Å²) < 4.78 is 11.2. The van der Waals surface area contributed by atoms with E-state index >= 15 is 0 Å². The van der Waals surface area contributed by atoms with Gasteiger partial charge in [0, 0.05) is 42.6 Å². The summed E-state index contributed by atoms with van der Waals surface area (Å²) in [5.41, 5.74) is 3.38. The lowest BCUT2D eigenvalue weighted by molar-refractivity contribution is 0.0322. The molecule has 0 unspecified atom stereocenters. The molecule has 1 saturated heterocycles. The van der Waals surface area contributed by atoms with Gasteiger partial charge in [-0.2, -0.15) is 5.10 Å². The van der Waals surface area contributed by atoms with E-state index in [1.54, 1.807) is 0 Å². The zero-order chi connectivity index (χ0) is 17.8. The van der Waals surface area contributed by atoms with Crippen molar-refractivity contribution < 1.29 is 14.3 Å². The highest BCUT2D eigenvalue weighted by molar-refractivity contribution is 6.04. The van der Waals surface area contributed by atoms with Crippen molar-refractivity contribution in [3.05, 3.63) is 41.2 Å². The normalized spacial score (nSPS) is 17.1. The lowest BCUT2D eigenvalue weighted by atomic mass is 10.2. The zero-order valence-electron chi connectivity index (χ0n) is 14.8. The van der Waals surface area contributed by atoms with E-state index in [9.17, 15) is 4.79 Å². The third-order valence-corrected chi connectivity index (χ3v) is 4.89. The van der Waals surface area contributed by atoms with Crippen LogP contribution in [0, 0.1) is 0 Å². The first-order valence-electron chi connectivity index (χ1n) is 9.20. The first-order valence-corrected chi connectivity index (χ1v) is 9.20. The van der Waals surface area contributed by atoms with Crippen LogP contribution in [-0.2, 0) is 17.6 Å². The minimum Gasteiger partial charge on any atom is -0.492 e. The number of rotatable bonds is 6. The molecule has 1 aromatic heterocycles. The number of hydrogen-bond donors (Lipinski definition) is 2. The van der Waals surface area contributed by atoms with Crippen LogP contribution in [0.15, 0.2) is 24.3 Å². The Labute approximate surface area is 152 Å². The van der Waals surface area contributed by atoms with E-state index in [0.29, 0.717) is 18.0 Å². The van der Waals surface area contributed by atoms with E-state index in [-0.39, 0.29) is 5.91 Å². The molecule has 1 aliphatic heterocycles. The molecule has 0 saturated carbocycles. The van der Waals surface area contributed by atoms with Gasteiger partial charge in [0.2, 0.25) is 0 Å². The van der Waals surface area contributed by atoms with Crippen molar-refractivity contribution in [2.24, 2.45) is 0 Å². The molecule has 4 rings (SSSR count). The fraction of sp³-hybridized carbons (Fsp3) is 0.474. The van der Waals surface area contributed by atoms with Gasteiger partial charge in [-0.3, -0.25) is 14.8 Å². The van der Waals surface area contributed by atoms with Gasteiger partial charge in [0.05, 0.1) is 13.2 Å². The molecule has 1 amide bonds. The van der Waals surface area contributed by atoms with Crippen molar-refractivity contribution >= 4 is 11.6 Å². The number of amides is 1. The number of benzene rings is 1. The highest BCUT2D eigenvalue weighted by atomic mass is 16.5. The van der Waals surface area contributed by atoms with E-state index in [1.807, 2.05) is 24.3 Å². The largest absolute Gasteiger partial charge is 0.492 e. The maximum Gasteiger partial charge on any atom is 0.276 e. The Balaban J connectivity index is 1.32. The SMILES string of the molecule is O=C(Nc1cccc(OCCN2CCOCC2)c1)c1n[nH]c2c1CCC2. The topological polar surface area (TPSA) is 79.5 Å². The van der Waals surface area contributed by atoms with Crippen LogP contribution in [0.1, 0.15) is 28.2 Å². The summed E-state index contributed by atoms with van der Waals surface area (Å²) in [6.07, 6.45) is 2.97. The van der Waals surface area contributed by atoms with Crippen LogP contribution in [0.2, 0.25) is 0 Å². The number of carbonyl (C=O) groups is 1. The number of morpholine rings is 1. The molecule has 2 aliphatic rings. The maximum absolute atomic E-state index is 12.5. The quantitative estimate of drug-likeness (QED) is 0.826. The summed E-state index contributed by atoms with van der Waals surface area (Å²) in [5.74, 6) is 0.582. The highest BCUT2D eigenvalue weighted by Gasteiger charge is 2.23. The van der Waals surface area contributed by atoms with Crippen LogP contribution >= 0.6 is 0 Å². The molecule has 1 aliphatic carbocycles. The lowest BCUT2D eigenvalue weighted by Crippen LogP contribution is -2.38. The number of anilines is 1. The molecule has 2 aromatic rings. The molecule has 0 bridgehead atoms. The third kappa shape index (κ3) is 3.89. The zero-order valence-corrected chi connectivity index (χ0v) is 14.8. The Morgan fingerprint density at radius 3 is 3.08 bits per heavy atom. The molecule has 7 heteroatoms. The Hall–Kier alpha value is -2.38. The molecule has 2 N–H and O–H groups in total. The predicted molar refractivity (Wildman–Crippen MR) is 97.8 cm³/mol. The van der Waals surface area contributed by atoms with Crippen LogP contribution in [0.5, 0.6) is 5.75 Å². The lowest BCUT2D eigenvalue weighted by Gasteiger charge is -2.26. The number of H-pyrrole nitrogens is 1. The van der Waals surface area contributed by atoms with Crippen molar-refractivity contribution in [1.82, 2.24) is 15.1 Å². The second-order valence-electron chi connectivity index (χ2n) is 6.67. The van der Waals surface area contributed by atoms with E-state index in [1.165, 1.54) is 0 Å². The van der Waals surface area contributed by atoms with Gasteiger partial charge in [-0.25, -0.2) is 0 Å². The van der Waals surface area contributed by atoms with Crippen molar-refractivity contribution in [1.29, 1.82) is 0 Å². The van der Waals surface area contributed by atoms with Crippen LogP contribution in [-0.4, -0.2) is 60.5 Å². The molecular formula is C19H24N4O3. The first-order chi connectivity index (χ1) is 12.8. The van der Waals surface area contributed by atoms with Gasteiger partial charge in [-0.05, 0) is 31.4 Å². The number of nitrogens with zero attached hydrogens (tertiary/aromatic N) is 2. The summed E-state index contributed by atoms with van der Waals surface area (Å²) in [7, 11) is 0. The molecule has 7 nitrogen and oxygen atoms in total. The number of fused-ring (bicyclic) bond motifs is 1. The second kappa shape index (κ2) is 7.88. The number of nitrogens with one attached hydrogen (secondary N) is 2. The summed E-state index contributed by atoms with van der Waals surface area (Å²) in [6, 6.07) is 7.50. The second-order valence-corrected chi connectivity index (χ2v) is 6.67. The van der Waals surface area contributed by atoms with Gasteiger partial charge in [0.15, 0.2) is 5.69 Å². The van der Waals surface area contributed by atoms with Gasteiger partial charge >= 0.3 is 0 Å². The van der Waals surface area contributed by atoms with Gasteiger partial charge in [-0.1, -0.05) is 6.07 Å². The molecular weight excluding hydrogens is 332 g/mol. The molecule has 1 fully saturated rings. The summed E-state index contributed by atoms with van der Waals surface area (Å²) in [4.78, 5) is 14.8. The Bertz CT molecular complexity index is 768. The Kier molecular flexibility index (Phi) is 5.17. The average Bonchev–Trinajstić information content (AvgIpc) is 3.26. The van der Waals surface area contributed by atoms with Gasteiger partial charge in [-0.15, -0.1) is 0 Å². The Morgan fingerprint density at radius 1 is 1.31 bits per heavy atom. The first kappa shape index (κ1) is 17.1. The van der Waals surface area contributed by atoms with Gasteiger partial charge in [0.25, 0.3) is 5.91 Å².